The summed E-state index contributed by atoms with van der Waals surface area (Å²) in [6.07, 6.45) is 0. The third-order valence-electron chi connectivity index (χ3n) is 1.51. The first-order chi connectivity index (χ1) is 5.65. The van der Waals surface area contributed by atoms with Crippen LogP contribution in [0.4, 0.5) is 0 Å². The molecule has 0 bridgehead atoms. The number of thiazole rings is 1. The van der Waals surface area contributed by atoms with Gasteiger partial charge in [-0.05, 0) is 21.0 Å². The van der Waals surface area contributed by atoms with Gasteiger partial charge >= 0.3 is 0 Å². The molecule has 12 heavy (non-hydrogen) atoms. The molecule has 0 amide bonds. The van der Waals surface area contributed by atoms with Gasteiger partial charge in [0.1, 0.15) is 11.0 Å². The molecular formula is C8H11N3S. The molecule has 1 atom stereocenters. The van der Waals surface area contributed by atoms with Crippen molar-refractivity contribution in [3.63, 3.8) is 0 Å². The summed E-state index contributed by atoms with van der Waals surface area (Å²) in [6.45, 7) is 1.93. The van der Waals surface area contributed by atoms with E-state index in [1.165, 1.54) is 11.3 Å². The third-order valence-corrected chi connectivity index (χ3v) is 2.52. The second-order valence-corrected chi connectivity index (χ2v) is 3.71. The Morgan fingerprint density at radius 2 is 2.33 bits per heavy atom. The summed E-state index contributed by atoms with van der Waals surface area (Å²) in [4.78, 5) is 6.12. The summed E-state index contributed by atoms with van der Waals surface area (Å²) in [7, 11) is 3.76. The molecule has 1 rings (SSSR count). The highest BCUT2D eigenvalue weighted by atomic mass is 32.1. The van der Waals surface area contributed by atoms with Crippen molar-refractivity contribution < 1.29 is 0 Å². The van der Waals surface area contributed by atoms with Crippen molar-refractivity contribution in [1.82, 2.24) is 9.88 Å². The van der Waals surface area contributed by atoms with Crippen LogP contribution in [-0.4, -0.2) is 24.0 Å². The molecule has 0 aliphatic rings. The van der Waals surface area contributed by atoms with Crippen LogP contribution in [0.1, 0.15) is 16.7 Å². The van der Waals surface area contributed by atoms with Gasteiger partial charge in [-0.2, -0.15) is 5.26 Å². The fraction of sp³-hybridized carbons (Fsp3) is 0.500. The Morgan fingerprint density at radius 1 is 1.67 bits per heavy atom. The van der Waals surface area contributed by atoms with Gasteiger partial charge in [0, 0.05) is 11.1 Å². The van der Waals surface area contributed by atoms with E-state index in [0.717, 1.165) is 10.7 Å². The van der Waals surface area contributed by atoms with Crippen LogP contribution < -0.4 is 0 Å². The first-order valence-corrected chi connectivity index (χ1v) is 4.51. The van der Waals surface area contributed by atoms with Gasteiger partial charge in [0.15, 0.2) is 0 Å². The molecule has 1 aromatic heterocycles. The Morgan fingerprint density at radius 3 is 2.67 bits per heavy atom. The summed E-state index contributed by atoms with van der Waals surface area (Å²) in [5.74, 6) is 0. The standard InChI is InChI=1S/C8H11N3S/c1-6-5-12-8(10-6)7(4-9)11(2)3/h5,7H,1-3H3. The molecule has 0 radical (unpaired) electrons. The van der Waals surface area contributed by atoms with Crippen molar-refractivity contribution in [1.29, 1.82) is 5.26 Å². The Hall–Kier alpha value is -0.920. The predicted octanol–water partition coefficient (Wildman–Crippen LogP) is 1.58. The molecule has 0 aliphatic heterocycles. The molecule has 0 saturated heterocycles. The number of rotatable bonds is 2. The van der Waals surface area contributed by atoms with Gasteiger partial charge in [-0.15, -0.1) is 11.3 Å². The first-order valence-electron chi connectivity index (χ1n) is 3.63. The van der Waals surface area contributed by atoms with E-state index < -0.39 is 0 Å². The van der Waals surface area contributed by atoms with E-state index in [1.54, 1.807) is 0 Å². The quantitative estimate of drug-likeness (QED) is 0.695. The van der Waals surface area contributed by atoms with Crippen molar-refractivity contribution in [2.75, 3.05) is 14.1 Å². The minimum absolute atomic E-state index is 0.205. The van der Waals surface area contributed by atoms with Gasteiger partial charge in [0.25, 0.3) is 0 Å². The van der Waals surface area contributed by atoms with E-state index in [1.807, 2.05) is 31.3 Å². The van der Waals surface area contributed by atoms with Crippen LogP contribution in [0.5, 0.6) is 0 Å². The van der Waals surface area contributed by atoms with Crippen molar-refractivity contribution in [3.05, 3.63) is 16.1 Å². The Balaban J connectivity index is 2.89. The largest absolute Gasteiger partial charge is 0.289 e. The number of nitrogens with zero attached hydrogens (tertiary/aromatic N) is 3. The Labute approximate surface area is 76.3 Å². The number of hydrogen-bond acceptors (Lipinski definition) is 4. The van der Waals surface area contributed by atoms with Gasteiger partial charge in [-0.1, -0.05) is 0 Å². The van der Waals surface area contributed by atoms with Crippen LogP contribution in [0.3, 0.4) is 0 Å². The first kappa shape index (κ1) is 9.17. The smallest absolute Gasteiger partial charge is 0.150 e. The zero-order valence-electron chi connectivity index (χ0n) is 7.40. The molecule has 0 saturated carbocycles. The lowest BCUT2D eigenvalue weighted by Crippen LogP contribution is -2.17. The van der Waals surface area contributed by atoms with Crippen LogP contribution in [0.25, 0.3) is 0 Å². The molecular weight excluding hydrogens is 170 g/mol. The lowest BCUT2D eigenvalue weighted by Gasteiger charge is -2.13. The van der Waals surface area contributed by atoms with E-state index in [-0.39, 0.29) is 6.04 Å². The average molecular weight is 181 g/mol. The lowest BCUT2D eigenvalue weighted by atomic mass is 10.3. The zero-order valence-corrected chi connectivity index (χ0v) is 8.22. The monoisotopic (exact) mass is 181 g/mol. The highest BCUT2D eigenvalue weighted by Crippen LogP contribution is 2.20. The maximum Gasteiger partial charge on any atom is 0.150 e. The molecule has 1 unspecified atom stereocenters. The molecule has 1 heterocycles. The molecule has 0 fully saturated rings. The van der Waals surface area contributed by atoms with Crippen molar-refractivity contribution in [2.45, 2.75) is 13.0 Å². The second-order valence-electron chi connectivity index (χ2n) is 2.82. The molecule has 0 aliphatic carbocycles. The van der Waals surface area contributed by atoms with Crippen LogP contribution in [0.2, 0.25) is 0 Å². The van der Waals surface area contributed by atoms with Gasteiger partial charge in [0.2, 0.25) is 0 Å². The average Bonchev–Trinajstić information content (AvgIpc) is 2.37. The second kappa shape index (κ2) is 3.65. The van der Waals surface area contributed by atoms with Crippen LogP contribution in [0, 0.1) is 18.3 Å². The SMILES string of the molecule is Cc1csc(C(C#N)N(C)C)n1. The van der Waals surface area contributed by atoms with Gasteiger partial charge < -0.3 is 0 Å². The number of nitriles is 1. The van der Waals surface area contributed by atoms with E-state index in [0.29, 0.717) is 0 Å². The Kier molecular flexibility index (Phi) is 2.79. The summed E-state index contributed by atoms with van der Waals surface area (Å²) < 4.78 is 0. The third kappa shape index (κ3) is 1.81. The topological polar surface area (TPSA) is 39.9 Å². The summed E-state index contributed by atoms with van der Waals surface area (Å²) in [6, 6.07) is 2.00. The fourth-order valence-electron chi connectivity index (χ4n) is 0.889. The molecule has 0 aromatic carbocycles. The minimum Gasteiger partial charge on any atom is -0.289 e. The summed E-state index contributed by atoms with van der Waals surface area (Å²) in [5.41, 5.74) is 0.983. The number of aromatic nitrogens is 1. The van der Waals surface area contributed by atoms with E-state index in [4.69, 9.17) is 5.26 Å². The van der Waals surface area contributed by atoms with Crippen molar-refractivity contribution in [3.8, 4) is 6.07 Å². The molecule has 4 heteroatoms. The summed E-state index contributed by atoms with van der Waals surface area (Å²) >= 11 is 1.54. The zero-order chi connectivity index (χ0) is 9.14. The molecule has 64 valence electrons. The van der Waals surface area contributed by atoms with Gasteiger partial charge in [0.05, 0.1) is 6.07 Å². The highest BCUT2D eigenvalue weighted by molar-refractivity contribution is 7.09. The van der Waals surface area contributed by atoms with Crippen LogP contribution in [-0.2, 0) is 0 Å². The lowest BCUT2D eigenvalue weighted by molar-refractivity contribution is 0.357. The van der Waals surface area contributed by atoms with Crippen LogP contribution in [0.15, 0.2) is 5.38 Å². The van der Waals surface area contributed by atoms with Crippen LogP contribution >= 0.6 is 11.3 Å². The summed E-state index contributed by atoms with van der Waals surface area (Å²) in [5, 5.41) is 11.7. The van der Waals surface area contributed by atoms with E-state index in [2.05, 4.69) is 11.1 Å². The molecule has 0 spiro atoms. The maximum atomic E-state index is 8.83. The molecule has 1 aromatic rings. The fourth-order valence-corrected chi connectivity index (χ4v) is 1.82. The van der Waals surface area contributed by atoms with Crippen molar-refractivity contribution in [2.24, 2.45) is 0 Å². The van der Waals surface area contributed by atoms with Gasteiger partial charge in [-0.25, -0.2) is 4.98 Å². The van der Waals surface area contributed by atoms with E-state index >= 15 is 0 Å². The van der Waals surface area contributed by atoms with Gasteiger partial charge in [-0.3, -0.25) is 4.90 Å². The number of aryl methyl sites for hydroxylation is 1. The predicted molar refractivity (Wildman–Crippen MR) is 48.9 cm³/mol. The molecule has 0 N–H and O–H groups in total. The van der Waals surface area contributed by atoms with Crippen molar-refractivity contribution >= 4 is 11.3 Å². The number of hydrogen-bond donors (Lipinski definition) is 0. The highest BCUT2D eigenvalue weighted by Gasteiger charge is 2.15. The minimum atomic E-state index is -0.205. The van der Waals surface area contributed by atoms with E-state index in [9.17, 15) is 0 Å². The molecule has 3 nitrogen and oxygen atoms in total. The normalized spacial score (nSPS) is 12.9. The maximum absolute atomic E-state index is 8.83. The Bertz CT molecular complexity index is 297.